The molecule has 1 heterocycles. The number of carbonyl (C=O) groups excluding carboxylic acids is 1. The van der Waals surface area contributed by atoms with Gasteiger partial charge < -0.3 is 10.1 Å². The van der Waals surface area contributed by atoms with Crippen LogP contribution in [0.15, 0.2) is 84.0 Å². The van der Waals surface area contributed by atoms with Crippen LogP contribution >= 0.6 is 11.8 Å². The molecule has 4 aromatic rings. The van der Waals surface area contributed by atoms with Crippen LogP contribution in [0.2, 0.25) is 0 Å². The molecular formula is C23H19FN4O2S. The Morgan fingerprint density at radius 3 is 2.42 bits per heavy atom. The van der Waals surface area contributed by atoms with Gasteiger partial charge in [0.25, 0.3) is 0 Å². The SMILES string of the molecule is CC(Sc1n[nH]c(-c2ccccc2F)n1)C(=O)Nc1ccc(Oc2ccccc2)cc1. The second kappa shape index (κ2) is 9.44. The van der Waals surface area contributed by atoms with E-state index >= 15 is 0 Å². The van der Waals surface area contributed by atoms with Gasteiger partial charge in [0, 0.05) is 5.69 Å². The van der Waals surface area contributed by atoms with Crippen molar-refractivity contribution in [2.24, 2.45) is 0 Å². The maximum atomic E-state index is 13.9. The summed E-state index contributed by atoms with van der Waals surface area (Å²) in [6.45, 7) is 1.76. The number of rotatable bonds is 7. The molecule has 0 saturated heterocycles. The molecule has 0 saturated carbocycles. The normalized spacial score (nSPS) is 11.7. The lowest BCUT2D eigenvalue weighted by Gasteiger charge is -2.11. The van der Waals surface area contributed by atoms with Crippen molar-refractivity contribution in [3.8, 4) is 22.9 Å². The van der Waals surface area contributed by atoms with Crippen LogP contribution in [-0.4, -0.2) is 26.3 Å². The molecule has 31 heavy (non-hydrogen) atoms. The molecule has 0 aliphatic rings. The van der Waals surface area contributed by atoms with Gasteiger partial charge in [0.15, 0.2) is 5.82 Å². The molecule has 1 atom stereocenters. The summed E-state index contributed by atoms with van der Waals surface area (Å²) in [6.07, 6.45) is 0. The van der Waals surface area contributed by atoms with Gasteiger partial charge in [-0.15, -0.1) is 5.10 Å². The highest BCUT2D eigenvalue weighted by molar-refractivity contribution is 8.00. The Kier molecular flexibility index (Phi) is 6.28. The Bertz CT molecular complexity index is 1170. The van der Waals surface area contributed by atoms with Crippen LogP contribution in [-0.2, 0) is 4.79 Å². The van der Waals surface area contributed by atoms with Gasteiger partial charge in [0.05, 0.1) is 10.8 Å². The molecule has 8 heteroatoms. The van der Waals surface area contributed by atoms with Crippen molar-refractivity contribution in [1.29, 1.82) is 0 Å². The van der Waals surface area contributed by atoms with E-state index in [0.29, 0.717) is 28.0 Å². The zero-order valence-corrected chi connectivity index (χ0v) is 17.4. The molecule has 0 aliphatic heterocycles. The van der Waals surface area contributed by atoms with Crippen molar-refractivity contribution < 1.29 is 13.9 Å². The molecule has 4 rings (SSSR count). The number of H-pyrrole nitrogens is 1. The van der Waals surface area contributed by atoms with Crippen molar-refractivity contribution in [3.05, 3.63) is 84.7 Å². The van der Waals surface area contributed by atoms with Crippen molar-refractivity contribution in [2.45, 2.75) is 17.3 Å². The largest absolute Gasteiger partial charge is 0.457 e. The molecule has 1 amide bonds. The summed E-state index contributed by atoms with van der Waals surface area (Å²) in [5.41, 5.74) is 0.983. The van der Waals surface area contributed by atoms with Crippen LogP contribution < -0.4 is 10.1 Å². The van der Waals surface area contributed by atoms with Gasteiger partial charge in [-0.25, -0.2) is 9.37 Å². The average molecular weight is 434 g/mol. The van der Waals surface area contributed by atoms with E-state index in [1.54, 1.807) is 49.4 Å². The smallest absolute Gasteiger partial charge is 0.237 e. The Morgan fingerprint density at radius 1 is 1.00 bits per heavy atom. The van der Waals surface area contributed by atoms with E-state index in [1.807, 2.05) is 30.3 Å². The van der Waals surface area contributed by atoms with Gasteiger partial charge in [-0.05, 0) is 55.5 Å². The fraction of sp³-hybridized carbons (Fsp3) is 0.0870. The predicted octanol–water partition coefficient (Wildman–Crippen LogP) is 5.52. The predicted molar refractivity (Wildman–Crippen MR) is 119 cm³/mol. The monoisotopic (exact) mass is 434 g/mol. The quantitative estimate of drug-likeness (QED) is 0.374. The fourth-order valence-electron chi connectivity index (χ4n) is 2.76. The minimum Gasteiger partial charge on any atom is -0.457 e. The van der Waals surface area contributed by atoms with Crippen molar-refractivity contribution >= 4 is 23.4 Å². The lowest BCUT2D eigenvalue weighted by atomic mass is 10.2. The van der Waals surface area contributed by atoms with Gasteiger partial charge in [0.2, 0.25) is 11.1 Å². The fourth-order valence-corrected chi connectivity index (χ4v) is 3.48. The van der Waals surface area contributed by atoms with E-state index in [1.165, 1.54) is 17.8 Å². The van der Waals surface area contributed by atoms with Crippen molar-refractivity contribution in [1.82, 2.24) is 15.2 Å². The van der Waals surface area contributed by atoms with Crippen molar-refractivity contribution in [3.63, 3.8) is 0 Å². The molecule has 0 radical (unpaired) electrons. The summed E-state index contributed by atoms with van der Waals surface area (Å²) in [5.74, 6) is 1.15. The third-order valence-electron chi connectivity index (χ3n) is 4.35. The third kappa shape index (κ3) is 5.29. The van der Waals surface area contributed by atoms with E-state index in [9.17, 15) is 9.18 Å². The number of hydrogen-bond acceptors (Lipinski definition) is 5. The highest BCUT2D eigenvalue weighted by atomic mass is 32.2. The number of ether oxygens (including phenoxy) is 1. The molecule has 0 aliphatic carbocycles. The topological polar surface area (TPSA) is 79.9 Å². The standard InChI is InChI=1S/C23H19FN4O2S/c1-15(31-23-26-21(27-28-23)19-9-5-6-10-20(19)24)22(29)25-16-11-13-18(14-12-16)30-17-7-3-2-4-8-17/h2-15H,1H3,(H,25,29)(H,26,27,28). The molecule has 0 spiro atoms. The van der Waals surface area contributed by atoms with Crippen LogP contribution in [0.3, 0.4) is 0 Å². The first kappa shape index (κ1) is 20.6. The lowest BCUT2D eigenvalue weighted by Crippen LogP contribution is -2.22. The minimum absolute atomic E-state index is 0.195. The van der Waals surface area contributed by atoms with Gasteiger partial charge in [-0.1, -0.05) is 42.1 Å². The third-order valence-corrected chi connectivity index (χ3v) is 5.31. The summed E-state index contributed by atoms with van der Waals surface area (Å²) < 4.78 is 19.6. The van der Waals surface area contributed by atoms with E-state index < -0.39 is 5.25 Å². The highest BCUT2D eigenvalue weighted by Gasteiger charge is 2.18. The second-order valence-corrected chi connectivity index (χ2v) is 7.94. The van der Waals surface area contributed by atoms with Crippen LogP contribution in [0.25, 0.3) is 11.4 Å². The first-order chi connectivity index (χ1) is 15.1. The molecule has 0 fully saturated rings. The summed E-state index contributed by atoms with van der Waals surface area (Å²) in [7, 11) is 0. The molecule has 1 unspecified atom stereocenters. The molecule has 2 N–H and O–H groups in total. The first-order valence-corrected chi connectivity index (χ1v) is 10.4. The van der Waals surface area contributed by atoms with Gasteiger partial charge in [-0.3, -0.25) is 9.89 Å². The van der Waals surface area contributed by atoms with Crippen LogP contribution in [0.1, 0.15) is 6.92 Å². The van der Waals surface area contributed by atoms with Gasteiger partial charge >= 0.3 is 0 Å². The number of halogens is 1. The van der Waals surface area contributed by atoms with E-state index in [0.717, 1.165) is 5.75 Å². The summed E-state index contributed by atoms with van der Waals surface area (Å²) in [5, 5.41) is 9.57. The van der Waals surface area contributed by atoms with Gasteiger partial charge in [0.1, 0.15) is 17.3 Å². The number of benzene rings is 3. The number of para-hydroxylation sites is 1. The Balaban J connectivity index is 1.34. The number of hydrogen-bond donors (Lipinski definition) is 2. The average Bonchev–Trinajstić information content (AvgIpc) is 3.24. The van der Waals surface area contributed by atoms with Crippen LogP contribution in [0, 0.1) is 5.82 Å². The molecular weight excluding hydrogens is 415 g/mol. The second-order valence-electron chi connectivity index (χ2n) is 6.64. The maximum Gasteiger partial charge on any atom is 0.237 e. The van der Waals surface area contributed by atoms with E-state index in [2.05, 4.69) is 20.5 Å². The molecule has 3 aromatic carbocycles. The highest BCUT2D eigenvalue weighted by Crippen LogP contribution is 2.26. The number of nitrogens with one attached hydrogen (secondary N) is 2. The molecule has 156 valence electrons. The minimum atomic E-state index is -0.454. The number of aromatic amines is 1. The first-order valence-electron chi connectivity index (χ1n) is 9.56. The number of thioether (sulfide) groups is 1. The number of aromatic nitrogens is 3. The lowest BCUT2D eigenvalue weighted by molar-refractivity contribution is -0.115. The zero-order chi connectivity index (χ0) is 21.6. The van der Waals surface area contributed by atoms with E-state index in [-0.39, 0.29) is 11.7 Å². The Hall–Kier alpha value is -3.65. The molecule has 0 bridgehead atoms. The molecule has 1 aromatic heterocycles. The van der Waals surface area contributed by atoms with E-state index in [4.69, 9.17) is 4.74 Å². The number of amides is 1. The number of nitrogens with zero attached hydrogens (tertiary/aromatic N) is 2. The maximum absolute atomic E-state index is 13.9. The Morgan fingerprint density at radius 2 is 1.68 bits per heavy atom. The summed E-state index contributed by atoms with van der Waals surface area (Å²) in [4.78, 5) is 16.8. The zero-order valence-electron chi connectivity index (χ0n) is 16.6. The van der Waals surface area contributed by atoms with Crippen LogP contribution in [0.4, 0.5) is 10.1 Å². The van der Waals surface area contributed by atoms with Crippen molar-refractivity contribution in [2.75, 3.05) is 5.32 Å². The van der Waals surface area contributed by atoms with Gasteiger partial charge in [-0.2, -0.15) is 0 Å². The number of anilines is 1. The summed E-state index contributed by atoms with van der Waals surface area (Å²) in [6, 6.07) is 22.9. The Labute approximate surface area is 182 Å². The summed E-state index contributed by atoms with van der Waals surface area (Å²) >= 11 is 1.18. The van der Waals surface area contributed by atoms with Crippen LogP contribution in [0.5, 0.6) is 11.5 Å². The molecule has 6 nitrogen and oxygen atoms in total. The number of carbonyl (C=O) groups is 1.